The van der Waals surface area contributed by atoms with Crippen molar-refractivity contribution in [1.82, 2.24) is 4.98 Å². The van der Waals surface area contributed by atoms with E-state index in [-0.39, 0.29) is 0 Å². The highest BCUT2D eigenvalue weighted by molar-refractivity contribution is 5.84. The molecule has 0 amide bonds. The predicted octanol–water partition coefficient (Wildman–Crippen LogP) is 1.12. The van der Waals surface area contributed by atoms with E-state index in [1.165, 1.54) is 0 Å². The van der Waals surface area contributed by atoms with E-state index in [1.807, 2.05) is 24.3 Å². The molecule has 2 aromatic rings. The summed E-state index contributed by atoms with van der Waals surface area (Å²) in [5, 5.41) is 9.61. The molecule has 0 saturated carbocycles. The summed E-state index contributed by atoms with van der Waals surface area (Å²) in [5.74, 6) is -1.16. The third-order valence-corrected chi connectivity index (χ3v) is 2.27. The first-order valence-electron chi connectivity index (χ1n) is 5.15. The minimum absolute atomic E-state index is 0.616. The van der Waals surface area contributed by atoms with Crippen LogP contribution < -0.4 is 5.73 Å². The van der Waals surface area contributed by atoms with Gasteiger partial charge in [0.15, 0.2) is 0 Å². The van der Waals surface area contributed by atoms with E-state index < -0.39 is 18.4 Å². The fourth-order valence-corrected chi connectivity index (χ4v) is 1.50. The zero-order valence-electron chi connectivity index (χ0n) is 8.97. The molecule has 0 aliphatic rings. The van der Waals surface area contributed by atoms with Crippen LogP contribution in [-0.4, -0.2) is 22.1 Å². The minimum Gasteiger partial charge on any atom is -0.480 e. The Bertz CT molecular complexity index is 523. The zero-order chi connectivity index (χ0) is 11.7. The summed E-state index contributed by atoms with van der Waals surface area (Å²) in [6.45, 7) is 0. The van der Waals surface area contributed by atoms with Crippen LogP contribution in [0.1, 0.15) is 6.93 Å². The Hall–Kier alpha value is -1.81. The van der Waals surface area contributed by atoms with Gasteiger partial charge < -0.3 is 15.8 Å². The van der Waals surface area contributed by atoms with Crippen molar-refractivity contribution in [2.45, 2.75) is 12.4 Å². The van der Waals surface area contributed by atoms with Crippen molar-refractivity contribution in [3.05, 3.63) is 36.0 Å². The van der Waals surface area contributed by atoms with Gasteiger partial charge in [-0.3, -0.25) is 4.79 Å². The average molecular weight is 206 g/mol. The van der Waals surface area contributed by atoms with Crippen LogP contribution in [0.3, 0.4) is 0 Å². The second-order valence-corrected chi connectivity index (χ2v) is 3.32. The molecule has 0 aliphatic heterocycles. The van der Waals surface area contributed by atoms with E-state index in [4.69, 9.17) is 12.2 Å². The molecule has 0 aliphatic carbocycles. The molecule has 0 spiro atoms. The van der Waals surface area contributed by atoms with Crippen LogP contribution in [0.15, 0.2) is 30.5 Å². The maximum Gasteiger partial charge on any atom is 0.320 e. The molecule has 0 radical (unpaired) electrons. The molecule has 4 nitrogen and oxygen atoms in total. The molecule has 4 N–H and O–H groups in total. The second-order valence-electron chi connectivity index (χ2n) is 3.32. The highest BCUT2D eigenvalue weighted by atomic mass is 16.4. The summed E-state index contributed by atoms with van der Waals surface area (Å²) < 4.78 is 7.82. The number of H-pyrrole nitrogens is 1. The molecule has 15 heavy (non-hydrogen) atoms. The largest absolute Gasteiger partial charge is 0.480 e. The SMILES string of the molecule is [2H][13C@H](c1c[nH]c2ccccc12)[C@H](N)C(=O)O. The van der Waals surface area contributed by atoms with E-state index in [9.17, 15) is 4.79 Å². The second kappa shape index (κ2) is 3.74. The standard InChI is InChI=1S/C11H12N2O2/c12-9(11(14)15)5-7-6-13-10-4-2-1-3-8(7)10/h1-4,6,9,13H,5,12H2,(H,14,15)/t9-/m0/s1/i5+1D/t5-,9+/m1. The number of carboxylic acids is 1. The normalized spacial score (nSPS) is 15.9. The number of para-hydroxylation sites is 1. The van der Waals surface area contributed by atoms with Crippen molar-refractivity contribution >= 4 is 16.9 Å². The Labute approximate surface area is 88.1 Å². The fraction of sp³-hybridized carbons (Fsp3) is 0.182. The Balaban J connectivity index is 2.44. The van der Waals surface area contributed by atoms with Gasteiger partial charge in [-0.15, -0.1) is 0 Å². The molecule has 2 rings (SSSR count). The number of carboxylic acid groups (broad SMARTS) is 1. The summed E-state index contributed by atoms with van der Waals surface area (Å²) >= 11 is 0. The van der Waals surface area contributed by atoms with Crippen LogP contribution in [0.25, 0.3) is 10.9 Å². The first-order valence-corrected chi connectivity index (χ1v) is 4.58. The quantitative estimate of drug-likeness (QED) is 0.658. The van der Waals surface area contributed by atoms with Crippen molar-refractivity contribution in [2.24, 2.45) is 5.73 Å². The number of aliphatic carboxylic acids is 1. The molecule has 4 heteroatoms. The Morgan fingerprint density at radius 3 is 3.07 bits per heavy atom. The van der Waals surface area contributed by atoms with Crippen LogP contribution >= 0.6 is 0 Å². The number of rotatable bonds is 3. The van der Waals surface area contributed by atoms with Gasteiger partial charge in [-0.25, -0.2) is 0 Å². The third kappa shape index (κ3) is 1.85. The zero-order valence-corrected chi connectivity index (χ0v) is 7.97. The smallest absolute Gasteiger partial charge is 0.320 e. The monoisotopic (exact) mass is 206 g/mol. The number of hydrogen-bond acceptors (Lipinski definition) is 2. The van der Waals surface area contributed by atoms with Crippen LogP contribution in [0.4, 0.5) is 0 Å². The summed E-state index contributed by atoms with van der Waals surface area (Å²) in [7, 11) is 0. The number of hydrogen-bond donors (Lipinski definition) is 3. The molecule has 0 unspecified atom stereocenters. The number of aromatic amines is 1. The molecular formula is C11H12N2O2. The number of benzene rings is 1. The van der Waals surface area contributed by atoms with Crippen LogP contribution in [0.2, 0.25) is 0 Å². The Morgan fingerprint density at radius 1 is 1.60 bits per heavy atom. The Morgan fingerprint density at radius 2 is 2.33 bits per heavy atom. The number of aromatic nitrogens is 1. The topological polar surface area (TPSA) is 79.1 Å². The first kappa shape index (κ1) is 8.49. The molecule has 0 saturated heterocycles. The van der Waals surface area contributed by atoms with Gasteiger partial charge >= 0.3 is 5.97 Å². The molecular weight excluding hydrogens is 193 g/mol. The van der Waals surface area contributed by atoms with Crippen molar-refractivity contribution < 1.29 is 11.3 Å². The van der Waals surface area contributed by atoms with Gasteiger partial charge in [0.1, 0.15) is 6.04 Å². The van der Waals surface area contributed by atoms with Crippen molar-refractivity contribution in [2.75, 3.05) is 0 Å². The number of nitrogens with one attached hydrogen (secondary N) is 1. The molecule has 2 atom stereocenters. The van der Waals surface area contributed by atoms with Gasteiger partial charge in [0.25, 0.3) is 0 Å². The van der Waals surface area contributed by atoms with Crippen LogP contribution in [0.5, 0.6) is 0 Å². The number of fused-ring (bicyclic) bond motifs is 1. The lowest BCUT2D eigenvalue weighted by atomic mass is 10.2. The summed E-state index contributed by atoms with van der Waals surface area (Å²) in [6, 6.07) is 6.23. The van der Waals surface area contributed by atoms with Gasteiger partial charge in [-0.1, -0.05) is 18.2 Å². The van der Waals surface area contributed by atoms with Crippen molar-refractivity contribution in [3.8, 4) is 0 Å². The van der Waals surface area contributed by atoms with E-state index in [0.717, 1.165) is 10.9 Å². The molecule has 1 aromatic heterocycles. The first-order chi connectivity index (χ1) is 7.61. The maximum absolute atomic E-state index is 10.7. The molecule has 78 valence electrons. The van der Waals surface area contributed by atoms with Gasteiger partial charge in [-0.2, -0.15) is 0 Å². The Kier molecular flexibility index (Phi) is 2.12. The van der Waals surface area contributed by atoms with Gasteiger partial charge in [0.2, 0.25) is 0 Å². The molecule has 1 heterocycles. The third-order valence-electron chi connectivity index (χ3n) is 2.27. The van der Waals surface area contributed by atoms with E-state index in [1.54, 1.807) is 6.20 Å². The lowest BCUT2D eigenvalue weighted by Gasteiger charge is -2.04. The predicted molar refractivity (Wildman–Crippen MR) is 57.6 cm³/mol. The lowest BCUT2D eigenvalue weighted by molar-refractivity contribution is -0.138. The van der Waals surface area contributed by atoms with Crippen LogP contribution in [-0.2, 0) is 11.2 Å². The summed E-state index contributed by atoms with van der Waals surface area (Å²) in [6.07, 6.45) is 0.680. The average Bonchev–Trinajstić information content (AvgIpc) is 2.70. The number of nitrogens with two attached hydrogens (primary N) is 1. The molecule has 0 fully saturated rings. The molecule has 1 aromatic carbocycles. The van der Waals surface area contributed by atoms with E-state index in [2.05, 4.69) is 4.98 Å². The highest BCUT2D eigenvalue weighted by Gasteiger charge is 2.14. The number of carbonyl (C=O) groups is 1. The van der Waals surface area contributed by atoms with Crippen LogP contribution in [0, 0.1) is 0 Å². The van der Waals surface area contributed by atoms with Gasteiger partial charge in [0.05, 0.1) is 0 Å². The van der Waals surface area contributed by atoms with Gasteiger partial charge in [0, 0.05) is 24.9 Å². The maximum atomic E-state index is 10.7. The van der Waals surface area contributed by atoms with Crippen molar-refractivity contribution in [1.29, 1.82) is 0 Å². The summed E-state index contributed by atoms with van der Waals surface area (Å²) in [4.78, 5) is 13.7. The minimum atomic E-state index is -1.21. The highest BCUT2D eigenvalue weighted by Crippen LogP contribution is 2.18. The lowest BCUT2D eigenvalue weighted by Crippen LogP contribution is -2.32. The van der Waals surface area contributed by atoms with Crippen molar-refractivity contribution in [3.63, 3.8) is 0 Å². The van der Waals surface area contributed by atoms with E-state index in [0.29, 0.717) is 5.56 Å². The fourth-order valence-electron chi connectivity index (χ4n) is 1.50. The van der Waals surface area contributed by atoms with E-state index >= 15 is 0 Å². The molecule has 0 bridgehead atoms. The van der Waals surface area contributed by atoms with Gasteiger partial charge in [-0.05, 0) is 11.6 Å². The summed E-state index contributed by atoms with van der Waals surface area (Å²) in [5.41, 5.74) is 6.94.